The minimum Gasteiger partial charge on any atom is -0.433 e. The van der Waals surface area contributed by atoms with Crippen molar-refractivity contribution in [1.82, 2.24) is 0 Å². The Labute approximate surface area is 120 Å². The quantitative estimate of drug-likeness (QED) is 0.859. The first-order chi connectivity index (χ1) is 10.1. The van der Waals surface area contributed by atoms with Crippen LogP contribution in [0.3, 0.4) is 0 Å². The van der Waals surface area contributed by atoms with Crippen molar-refractivity contribution in [2.75, 3.05) is 5.73 Å². The predicted molar refractivity (Wildman–Crippen MR) is 73.4 cm³/mol. The number of halogens is 2. The third-order valence-electron chi connectivity index (χ3n) is 2.24. The van der Waals surface area contributed by atoms with Gasteiger partial charge >= 0.3 is 6.61 Å². The smallest absolute Gasteiger partial charge is 0.387 e. The van der Waals surface area contributed by atoms with E-state index in [2.05, 4.69) is 4.74 Å². The van der Waals surface area contributed by atoms with Crippen molar-refractivity contribution in [3.8, 4) is 17.9 Å². The number of nitrogens with zero attached hydrogens (tertiary/aromatic N) is 2. The van der Waals surface area contributed by atoms with Gasteiger partial charge in [0.2, 0.25) is 0 Å². The second kappa shape index (κ2) is 8.13. The van der Waals surface area contributed by atoms with E-state index in [0.29, 0.717) is 11.3 Å². The fourth-order valence-electron chi connectivity index (χ4n) is 1.37. The summed E-state index contributed by atoms with van der Waals surface area (Å²) in [7, 11) is 0. The maximum Gasteiger partial charge on any atom is 0.387 e. The van der Waals surface area contributed by atoms with Gasteiger partial charge in [-0.2, -0.15) is 19.3 Å². The van der Waals surface area contributed by atoms with E-state index in [1.54, 1.807) is 36.4 Å². The molecule has 0 aliphatic heterocycles. The van der Waals surface area contributed by atoms with E-state index >= 15 is 0 Å². The Bertz CT molecular complexity index is 675. The molecule has 2 aromatic rings. The van der Waals surface area contributed by atoms with Gasteiger partial charge in [0.1, 0.15) is 11.8 Å². The molecule has 0 aromatic heterocycles. The number of rotatable bonds is 2. The Morgan fingerprint density at radius 1 is 1.00 bits per heavy atom. The fraction of sp³-hybridized carbons (Fsp3) is 0.0667. The summed E-state index contributed by atoms with van der Waals surface area (Å²) >= 11 is 0. The van der Waals surface area contributed by atoms with E-state index in [1.807, 2.05) is 6.07 Å². The highest BCUT2D eigenvalue weighted by Crippen LogP contribution is 2.18. The molecule has 2 rings (SSSR count). The van der Waals surface area contributed by atoms with Gasteiger partial charge in [0, 0.05) is 5.69 Å². The van der Waals surface area contributed by atoms with Crippen molar-refractivity contribution in [2.24, 2.45) is 0 Å². The summed E-state index contributed by atoms with van der Waals surface area (Å²) in [6.45, 7) is -2.89. The van der Waals surface area contributed by atoms with Gasteiger partial charge < -0.3 is 10.5 Å². The summed E-state index contributed by atoms with van der Waals surface area (Å²) in [5, 5.41) is 16.8. The first-order valence-corrected chi connectivity index (χ1v) is 5.76. The van der Waals surface area contributed by atoms with E-state index in [9.17, 15) is 8.78 Å². The fourth-order valence-corrected chi connectivity index (χ4v) is 1.37. The third kappa shape index (κ3) is 5.58. The van der Waals surface area contributed by atoms with Gasteiger partial charge in [0.15, 0.2) is 0 Å². The van der Waals surface area contributed by atoms with Crippen LogP contribution in [0.15, 0.2) is 48.5 Å². The first-order valence-electron chi connectivity index (χ1n) is 5.76. The number of benzene rings is 2. The molecule has 0 amide bonds. The largest absolute Gasteiger partial charge is 0.433 e. The standard InChI is InChI=1S/C8H5F2NO.C7H6N2/c9-8(10)12-7-4-2-1-3-6(7)5-11;8-5-6-2-1-3-7(9)4-6/h1-4,8H;1-4H,9H2. The number of hydrogen-bond acceptors (Lipinski definition) is 4. The summed E-state index contributed by atoms with van der Waals surface area (Å²) in [5.41, 5.74) is 6.73. The van der Waals surface area contributed by atoms with Crippen LogP contribution < -0.4 is 10.5 Å². The Kier molecular flexibility index (Phi) is 6.17. The Balaban J connectivity index is 0.000000219. The SMILES string of the molecule is N#Cc1cccc(N)c1.N#Cc1ccccc1OC(F)F. The molecule has 0 aliphatic rings. The van der Waals surface area contributed by atoms with Gasteiger partial charge in [-0.3, -0.25) is 0 Å². The molecule has 0 saturated heterocycles. The van der Waals surface area contributed by atoms with Crippen LogP contribution in [0.25, 0.3) is 0 Å². The molecule has 0 spiro atoms. The van der Waals surface area contributed by atoms with Gasteiger partial charge in [0.05, 0.1) is 17.2 Å². The lowest BCUT2D eigenvalue weighted by atomic mass is 10.2. The molecule has 0 atom stereocenters. The molecule has 106 valence electrons. The van der Waals surface area contributed by atoms with Crippen molar-refractivity contribution in [1.29, 1.82) is 10.5 Å². The molecule has 6 heteroatoms. The van der Waals surface area contributed by atoms with Crippen molar-refractivity contribution >= 4 is 5.69 Å². The van der Waals surface area contributed by atoms with Gasteiger partial charge in [-0.15, -0.1) is 0 Å². The minimum atomic E-state index is -2.89. The zero-order valence-corrected chi connectivity index (χ0v) is 10.8. The zero-order chi connectivity index (χ0) is 15.7. The van der Waals surface area contributed by atoms with Crippen LogP contribution in [0.1, 0.15) is 11.1 Å². The molecule has 0 radical (unpaired) electrons. The molecule has 2 aromatic carbocycles. The second-order valence-electron chi connectivity index (χ2n) is 3.72. The van der Waals surface area contributed by atoms with Crippen LogP contribution in [0.4, 0.5) is 14.5 Å². The number of hydrogen-bond donors (Lipinski definition) is 1. The van der Waals surface area contributed by atoms with Gasteiger partial charge in [-0.1, -0.05) is 18.2 Å². The second-order valence-corrected chi connectivity index (χ2v) is 3.72. The molecular weight excluding hydrogens is 276 g/mol. The number of nitriles is 2. The number of nitrogen functional groups attached to an aromatic ring is 1. The summed E-state index contributed by atoms with van der Waals surface area (Å²) in [6.07, 6.45) is 0. The lowest BCUT2D eigenvalue weighted by Crippen LogP contribution is -2.03. The van der Waals surface area contributed by atoms with Gasteiger partial charge in [-0.05, 0) is 30.3 Å². The zero-order valence-electron chi connectivity index (χ0n) is 10.8. The number of alkyl halides is 2. The number of nitrogens with two attached hydrogens (primary N) is 1. The molecule has 0 bridgehead atoms. The van der Waals surface area contributed by atoms with Gasteiger partial charge in [0.25, 0.3) is 0 Å². The lowest BCUT2D eigenvalue weighted by Gasteiger charge is -2.04. The maximum absolute atomic E-state index is 11.7. The molecule has 0 heterocycles. The molecule has 0 unspecified atom stereocenters. The maximum atomic E-state index is 11.7. The molecule has 0 saturated carbocycles. The van der Waals surface area contributed by atoms with Crippen molar-refractivity contribution in [2.45, 2.75) is 6.61 Å². The minimum absolute atomic E-state index is 0.0880. The average molecular weight is 287 g/mol. The molecule has 2 N–H and O–H groups in total. The van der Waals surface area contributed by atoms with Gasteiger partial charge in [-0.25, -0.2) is 0 Å². The van der Waals surface area contributed by atoms with Crippen LogP contribution in [0.5, 0.6) is 5.75 Å². The molecule has 21 heavy (non-hydrogen) atoms. The van der Waals surface area contributed by atoms with Crippen LogP contribution >= 0.6 is 0 Å². The Morgan fingerprint density at radius 3 is 2.24 bits per heavy atom. The van der Waals surface area contributed by atoms with Crippen LogP contribution in [-0.4, -0.2) is 6.61 Å². The monoisotopic (exact) mass is 287 g/mol. The Morgan fingerprint density at radius 2 is 1.71 bits per heavy atom. The highest BCUT2D eigenvalue weighted by Gasteiger charge is 2.07. The first kappa shape index (κ1) is 15.9. The summed E-state index contributed by atoms with van der Waals surface area (Å²) < 4.78 is 27.5. The van der Waals surface area contributed by atoms with E-state index < -0.39 is 6.61 Å². The van der Waals surface area contributed by atoms with E-state index in [4.69, 9.17) is 16.3 Å². The summed E-state index contributed by atoms with van der Waals surface area (Å²) in [4.78, 5) is 0. The molecule has 0 aliphatic carbocycles. The van der Waals surface area contributed by atoms with Crippen LogP contribution in [0, 0.1) is 22.7 Å². The van der Waals surface area contributed by atoms with Crippen LogP contribution in [0.2, 0.25) is 0 Å². The summed E-state index contributed by atoms with van der Waals surface area (Å²) in [6, 6.07) is 16.4. The number of ether oxygens (including phenoxy) is 1. The normalized spacial score (nSPS) is 9.00. The van der Waals surface area contributed by atoms with E-state index in [0.717, 1.165) is 0 Å². The van der Waals surface area contributed by atoms with Crippen molar-refractivity contribution < 1.29 is 13.5 Å². The molecule has 0 fully saturated rings. The topological polar surface area (TPSA) is 82.8 Å². The summed E-state index contributed by atoms with van der Waals surface area (Å²) in [5.74, 6) is -0.0880. The molecule has 4 nitrogen and oxygen atoms in total. The number of anilines is 1. The van der Waals surface area contributed by atoms with Crippen molar-refractivity contribution in [3.63, 3.8) is 0 Å². The predicted octanol–water partition coefficient (Wildman–Crippen LogP) is 3.30. The Hall–Kier alpha value is -3.12. The average Bonchev–Trinajstić information content (AvgIpc) is 2.48. The highest BCUT2D eigenvalue weighted by molar-refractivity contribution is 5.45. The third-order valence-corrected chi connectivity index (χ3v) is 2.24. The van der Waals surface area contributed by atoms with E-state index in [-0.39, 0.29) is 11.3 Å². The van der Waals surface area contributed by atoms with E-state index in [1.165, 1.54) is 18.2 Å². The lowest BCUT2D eigenvalue weighted by molar-refractivity contribution is -0.0500. The number of para-hydroxylation sites is 1. The highest BCUT2D eigenvalue weighted by atomic mass is 19.3. The van der Waals surface area contributed by atoms with Crippen LogP contribution in [-0.2, 0) is 0 Å². The molecular formula is C15H11F2N3O. The van der Waals surface area contributed by atoms with Crippen molar-refractivity contribution in [3.05, 3.63) is 59.7 Å².